The monoisotopic (exact) mass is 250 g/mol. The zero-order valence-corrected chi connectivity index (χ0v) is 12.8. The van der Waals surface area contributed by atoms with E-state index in [1.165, 1.54) is 0 Å². The molecule has 2 unspecified atom stereocenters. The van der Waals surface area contributed by atoms with E-state index >= 15 is 0 Å². The van der Waals surface area contributed by atoms with Crippen LogP contribution in [-0.2, 0) is 9.59 Å². The lowest BCUT2D eigenvalue weighted by Crippen LogP contribution is -2.77. The molecule has 2 nitrogen and oxygen atoms in total. The van der Waals surface area contributed by atoms with Crippen molar-refractivity contribution in [1.82, 2.24) is 0 Å². The van der Waals surface area contributed by atoms with Crippen LogP contribution < -0.4 is 0 Å². The average Bonchev–Trinajstić information content (AvgIpc) is 2.20. The van der Waals surface area contributed by atoms with E-state index in [0.717, 1.165) is 12.8 Å². The van der Waals surface area contributed by atoms with Crippen molar-refractivity contribution < 1.29 is 9.59 Å². The van der Waals surface area contributed by atoms with Gasteiger partial charge < -0.3 is 0 Å². The third-order valence-corrected chi connectivity index (χ3v) is 6.58. The highest BCUT2D eigenvalue weighted by molar-refractivity contribution is 6.11. The van der Waals surface area contributed by atoms with Crippen LogP contribution in [0.15, 0.2) is 0 Å². The molecule has 0 aromatic heterocycles. The molecule has 0 spiro atoms. The molecule has 2 rings (SSSR count). The molecule has 2 atom stereocenters. The van der Waals surface area contributed by atoms with Crippen molar-refractivity contribution in [3.05, 3.63) is 0 Å². The van der Waals surface area contributed by atoms with Gasteiger partial charge in [-0.3, -0.25) is 9.59 Å². The number of carbonyl (C=O) groups excluding carboxylic acids is 2. The van der Waals surface area contributed by atoms with Crippen molar-refractivity contribution in [3.8, 4) is 0 Å². The second kappa shape index (κ2) is 3.26. The molecular formula is C16H26O2. The maximum absolute atomic E-state index is 13.0. The summed E-state index contributed by atoms with van der Waals surface area (Å²) in [5.74, 6) is 0.482. The third-order valence-electron chi connectivity index (χ3n) is 6.58. The molecule has 0 aliphatic heterocycles. The summed E-state index contributed by atoms with van der Waals surface area (Å²) in [7, 11) is 0. The van der Waals surface area contributed by atoms with Crippen LogP contribution in [0.3, 0.4) is 0 Å². The van der Waals surface area contributed by atoms with Crippen LogP contribution in [0.25, 0.3) is 0 Å². The Morgan fingerprint density at radius 3 is 2.06 bits per heavy atom. The molecule has 2 aliphatic rings. The minimum atomic E-state index is -0.738. The highest BCUT2D eigenvalue weighted by Gasteiger charge is 2.78. The molecule has 0 radical (unpaired) electrons. The molecule has 2 heteroatoms. The van der Waals surface area contributed by atoms with Gasteiger partial charge in [0.05, 0.1) is 5.41 Å². The third kappa shape index (κ3) is 1.11. The molecule has 0 saturated heterocycles. The van der Waals surface area contributed by atoms with E-state index in [-0.39, 0.29) is 33.7 Å². The van der Waals surface area contributed by atoms with E-state index in [9.17, 15) is 9.59 Å². The van der Waals surface area contributed by atoms with Crippen molar-refractivity contribution in [2.24, 2.45) is 27.6 Å². The van der Waals surface area contributed by atoms with Gasteiger partial charge >= 0.3 is 0 Å². The van der Waals surface area contributed by atoms with Crippen LogP contribution in [0.2, 0.25) is 0 Å². The minimum Gasteiger partial charge on any atom is -0.299 e. The first-order chi connectivity index (χ1) is 7.94. The Hall–Kier alpha value is -0.660. The smallest absolute Gasteiger partial charge is 0.152 e. The summed E-state index contributed by atoms with van der Waals surface area (Å²) in [5, 5.41) is 0. The van der Waals surface area contributed by atoms with Crippen molar-refractivity contribution >= 4 is 11.6 Å². The van der Waals surface area contributed by atoms with Gasteiger partial charge in [0, 0.05) is 5.41 Å². The predicted molar refractivity (Wildman–Crippen MR) is 72.2 cm³/mol. The zero-order valence-electron chi connectivity index (χ0n) is 12.8. The first-order valence-corrected chi connectivity index (χ1v) is 7.00. The minimum absolute atomic E-state index is 0.0603. The standard InChI is InChI=1S/C16H26O2/c1-10(17)16-11(14(4,5)15(16,6)7)8-9-13(2,3)12(16)18/h11H,8-9H2,1-7H3. The van der Waals surface area contributed by atoms with Crippen molar-refractivity contribution in [1.29, 1.82) is 0 Å². The Kier molecular flexibility index (Phi) is 2.49. The molecule has 102 valence electrons. The molecule has 0 aromatic rings. The van der Waals surface area contributed by atoms with Gasteiger partial charge in [-0.1, -0.05) is 41.5 Å². The van der Waals surface area contributed by atoms with Crippen LogP contribution in [0.4, 0.5) is 0 Å². The molecular weight excluding hydrogens is 224 g/mol. The fraction of sp³-hybridized carbons (Fsp3) is 0.875. The van der Waals surface area contributed by atoms with Gasteiger partial charge in [0.15, 0.2) is 5.78 Å². The number of carbonyl (C=O) groups is 2. The van der Waals surface area contributed by atoms with Crippen LogP contribution in [0, 0.1) is 27.6 Å². The van der Waals surface area contributed by atoms with E-state index in [1.807, 2.05) is 13.8 Å². The number of hydrogen-bond donors (Lipinski definition) is 0. The molecule has 0 bridgehead atoms. The number of hydrogen-bond acceptors (Lipinski definition) is 2. The van der Waals surface area contributed by atoms with Gasteiger partial charge in [-0.2, -0.15) is 0 Å². The summed E-state index contributed by atoms with van der Waals surface area (Å²) in [6.45, 7) is 14.2. The first-order valence-electron chi connectivity index (χ1n) is 7.00. The van der Waals surface area contributed by atoms with Crippen molar-refractivity contribution in [3.63, 3.8) is 0 Å². The fourth-order valence-electron chi connectivity index (χ4n) is 4.86. The number of fused-ring (bicyclic) bond motifs is 1. The first kappa shape index (κ1) is 13.8. The zero-order chi connectivity index (χ0) is 14.1. The number of Topliss-reactive ketones (excluding diaryl/α,β-unsaturated/α-hetero) is 2. The Balaban J connectivity index is 2.63. The maximum atomic E-state index is 13.0. The van der Waals surface area contributed by atoms with Gasteiger partial charge in [-0.05, 0) is 36.5 Å². The van der Waals surface area contributed by atoms with Gasteiger partial charge in [-0.25, -0.2) is 0 Å². The topological polar surface area (TPSA) is 34.1 Å². The molecule has 0 aromatic carbocycles. The highest BCUT2D eigenvalue weighted by atomic mass is 16.2. The summed E-state index contributed by atoms with van der Waals surface area (Å²) in [4.78, 5) is 25.3. The van der Waals surface area contributed by atoms with Crippen LogP contribution >= 0.6 is 0 Å². The quantitative estimate of drug-likeness (QED) is 0.666. The van der Waals surface area contributed by atoms with Gasteiger partial charge in [-0.15, -0.1) is 0 Å². The summed E-state index contributed by atoms with van der Waals surface area (Å²) < 4.78 is 0. The molecule has 2 saturated carbocycles. The van der Waals surface area contributed by atoms with Crippen molar-refractivity contribution in [2.45, 2.75) is 61.3 Å². The van der Waals surface area contributed by atoms with E-state index in [4.69, 9.17) is 0 Å². The summed E-state index contributed by atoms with van der Waals surface area (Å²) in [5.41, 5.74) is -1.27. The van der Waals surface area contributed by atoms with Gasteiger partial charge in [0.1, 0.15) is 5.78 Å². The lowest BCUT2D eigenvalue weighted by atomic mass is 9.27. The van der Waals surface area contributed by atoms with E-state index in [2.05, 4.69) is 27.7 Å². The molecule has 18 heavy (non-hydrogen) atoms. The Labute approximate surface area is 111 Å². The van der Waals surface area contributed by atoms with Crippen LogP contribution in [0.5, 0.6) is 0 Å². The van der Waals surface area contributed by atoms with Crippen LogP contribution in [0.1, 0.15) is 61.3 Å². The highest BCUT2D eigenvalue weighted by Crippen LogP contribution is 2.76. The second-order valence-electron chi connectivity index (χ2n) is 8.02. The fourth-order valence-corrected chi connectivity index (χ4v) is 4.86. The molecule has 0 N–H and O–H groups in total. The number of rotatable bonds is 1. The van der Waals surface area contributed by atoms with E-state index in [0.29, 0.717) is 0 Å². The summed E-state index contributed by atoms with van der Waals surface area (Å²) in [6.07, 6.45) is 1.90. The van der Waals surface area contributed by atoms with E-state index in [1.54, 1.807) is 6.92 Å². The Morgan fingerprint density at radius 2 is 1.61 bits per heavy atom. The number of ketones is 2. The molecule has 0 amide bonds. The predicted octanol–water partition coefficient (Wildman–Crippen LogP) is 3.63. The van der Waals surface area contributed by atoms with Crippen LogP contribution in [-0.4, -0.2) is 11.6 Å². The van der Waals surface area contributed by atoms with Gasteiger partial charge in [0.25, 0.3) is 0 Å². The average molecular weight is 250 g/mol. The Bertz CT molecular complexity index is 428. The van der Waals surface area contributed by atoms with Gasteiger partial charge in [0.2, 0.25) is 0 Å². The normalized spacial score (nSPS) is 39.7. The SMILES string of the molecule is CC(=O)C12C(=O)C(C)(C)CCC1C(C)(C)C2(C)C. The largest absolute Gasteiger partial charge is 0.299 e. The van der Waals surface area contributed by atoms with Crippen molar-refractivity contribution in [2.75, 3.05) is 0 Å². The molecule has 0 heterocycles. The maximum Gasteiger partial charge on any atom is 0.152 e. The molecule has 2 fully saturated rings. The second-order valence-corrected chi connectivity index (χ2v) is 8.02. The lowest BCUT2D eigenvalue weighted by Gasteiger charge is -2.73. The molecule has 2 aliphatic carbocycles. The van der Waals surface area contributed by atoms with E-state index < -0.39 is 5.41 Å². The lowest BCUT2D eigenvalue weighted by molar-refractivity contribution is -0.246. The Morgan fingerprint density at radius 1 is 1.11 bits per heavy atom. The summed E-state index contributed by atoms with van der Waals surface area (Å²) >= 11 is 0. The summed E-state index contributed by atoms with van der Waals surface area (Å²) in [6, 6.07) is 0.